The third-order valence-electron chi connectivity index (χ3n) is 2.29. The number of anilines is 1. The van der Waals surface area contributed by atoms with Crippen LogP contribution in [-0.4, -0.2) is 29.5 Å². The molecule has 4 N–H and O–H groups in total. The van der Waals surface area contributed by atoms with Crippen LogP contribution in [0.25, 0.3) is 16.9 Å². The van der Waals surface area contributed by atoms with E-state index in [1.807, 2.05) is 0 Å². The second-order valence-electron chi connectivity index (χ2n) is 3.22. The lowest BCUT2D eigenvalue weighted by Gasteiger charge is -1.98. The molecule has 0 saturated carbocycles. The van der Waals surface area contributed by atoms with E-state index in [0.29, 0.717) is 5.82 Å². The highest BCUT2D eigenvalue weighted by Gasteiger charge is 2.14. The van der Waals surface area contributed by atoms with Gasteiger partial charge in [-0.2, -0.15) is 5.10 Å². The van der Waals surface area contributed by atoms with Gasteiger partial charge in [-0.25, -0.2) is 9.19 Å². The Balaban J connectivity index is 2.30. The largest absolute Gasteiger partial charge is 0.366 e. The van der Waals surface area contributed by atoms with Crippen LogP contribution in [0, 0.1) is 0 Å². The summed E-state index contributed by atoms with van der Waals surface area (Å²) in [6.45, 7) is 0. The Kier molecular flexibility index (Phi) is 1.58. The standard InChI is InChI=1S/C8H8N8/c9-8-14-13-7(16(8)10)5-3-12-15-2-1-11-4-6(5)15/h1-4H,10H2,(H2,9,14). The Morgan fingerprint density at radius 3 is 2.81 bits per heavy atom. The van der Waals surface area contributed by atoms with Crippen LogP contribution in [0.2, 0.25) is 0 Å². The average molecular weight is 216 g/mol. The van der Waals surface area contributed by atoms with Crippen molar-refractivity contribution in [2.24, 2.45) is 0 Å². The van der Waals surface area contributed by atoms with Crippen molar-refractivity contribution in [1.29, 1.82) is 0 Å². The fourth-order valence-electron chi connectivity index (χ4n) is 1.49. The van der Waals surface area contributed by atoms with E-state index in [2.05, 4.69) is 20.3 Å². The number of nitrogens with two attached hydrogens (primary N) is 2. The quantitative estimate of drug-likeness (QED) is 0.519. The van der Waals surface area contributed by atoms with Crippen molar-refractivity contribution in [2.75, 3.05) is 11.6 Å². The van der Waals surface area contributed by atoms with Crippen LogP contribution in [0.3, 0.4) is 0 Å². The molecule has 8 heteroatoms. The summed E-state index contributed by atoms with van der Waals surface area (Å²) in [7, 11) is 0. The van der Waals surface area contributed by atoms with E-state index < -0.39 is 0 Å². The zero-order valence-corrected chi connectivity index (χ0v) is 8.15. The normalized spacial score (nSPS) is 11.0. The van der Waals surface area contributed by atoms with Gasteiger partial charge in [0, 0.05) is 12.4 Å². The molecule has 0 radical (unpaired) electrons. The molecule has 3 heterocycles. The van der Waals surface area contributed by atoms with Crippen molar-refractivity contribution in [1.82, 2.24) is 29.5 Å². The Bertz CT molecular complexity index is 651. The highest BCUT2D eigenvalue weighted by Crippen LogP contribution is 2.21. The van der Waals surface area contributed by atoms with Gasteiger partial charge in [0.15, 0.2) is 5.82 Å². The van der Waals surface area contributed by atoms with Crippen molar-refractivity contribution in [2.45, 2.75) is 0 Å². The first-order valence-corrected chi connectivity index (χ1v) is 4.51. The molecule has 3 rings (SSSR count). The average Bonchev–Trinajstić information content (AvgIpc) is 2.85. The maximum Gasteiger partial charge on any atom is 0.241 e. The second kappa shape index (κ2) is 2.92. The lowest BCUT2D eigenvalue weighted by molar-refractivity contribution is 0.946. The van der Waals surface area contributed by atoms with Gasteiger partial charge in [-0.05, 0) is 0 Å². The van der Waals surface area contributed by atoms with Gasteiger partial charge in [0.05, 0.1) is 23.5 Å². The monoisotopic (exact) mass is 216 g/mol. The van der Waals surface area contributed by atoms with Crippen LogP contribution in [-0.2, 0) is 0 Å². The molecule has 0 amide bonds. The van der Waals surface area contributed by atoms with Crippen LogP contribution >= 0.6 is 0 Å². The highest BCUT2D eigenvalue weighted by molar-refractivity contribution is 5.75. The first-order chi connectivity index (χ1) is 7.77. The molecule has 0 fully saturated rings. The minimum Gasteiger partial charge on any atom is -0.366 e. The van der Waals surface area contributed by atoms with Crippen molar-refractivity contribution in [3.05, 3.63) is 24.8 Å². The predicted octanol–water partition coefficient (Wildman–Crippen LogP) is -0.716. The van der Waals surface area contributed by atoms with Gasteiger partial charge in [-0.3, -0.25) is 4.98 Å². The Morgan fingerprint density at radius 2 is 2.06 bits per heavy atom. The number of hydrogen-bond acceptors (Lipinski definition) is 6. The zero-order valence-electron chi connectivity index (χ0n) is 8.15. The van der Waals surface area contributed by atoms with Gasteiger partial charge < -0.3 is 11.6 Å². The molecule has 0 aliphatic carbocycles. The van der Waals surface area contributed by atoms with Crippen LogP contribution in [0.15, 0.2) is 24.8 Å². The third kappa shape index (κ3) is 1.03. The summed E-state index contributed by atoms with van der Waals surface area (Å²) in [4.78, 5) is 4.02. The molecule has 0 atom stereocenters. The number of nitrogens with zero attached hydrogens (tertiary/aromatic N) is 6. The van der Waals surface area contributed by atoms with Crippen LogP contribution in [0.4, 0.5) is 5.95 Å². The van der Waals surface area contributed by atoms with E-state index in [4.69, 9.17) is 11.6 Å². The first kappa shape index (κ1) is 8.65. The molecule has 0 aromatic carbocycles. The summed E-state index contributed by atoms with van der Waals surface area (Å²) in [6, 6.07) is 0. The van der Waals surface area contributed by atoms with E-state index in [0.717, 1.165) is 11.1 Å². The number of fused-ring (bicyclic) bond motifs is 1. The van der Waals surface area contributed by atoms with E-state index in [1.165, 1.54) is 4.68 Å². The molecule has 3 aromatic heterocycles. The van der Waals surface area contributed by atoms with Gasteiger partial charge in [0.25, 0.3) is 0 Å². The third-order valence-corrected chi connectivity index (χ3v) is 2.29. The molecule has 3 aromatic rings. The fraction of sp³-hybridized carbons (Fsp3) is 0. The van der Waals surface area contributed by atoms with Gasteiger partial charge in [0.1, 0.15) is 0 Å². The summed E-state index contributed by atoms with van der Waals surface area (Å²) in [5.41, 5.74) is 7.04. The smallest absolute Gasteiger partial charge is 0.241 e. The van der Waals surface area contributed by atoms with Crippen LogP contribution < -0.4 is 11.6 Å². The predicted molar refractivity (Wildman–Crippen MR) is 56.6 cm³/mol. The van der Waals surface area contributed by atoms with Crippen molar-refractivity contribution < 1.29 is 0 Å². The summed E-state index contributed by atoms with van der Waals surface area (Å²) >= 11 is 0. The zero-order chi connectivity index (χ0) is 11.1. The molecule has 0 unspecified atom stereocenters. The van der Waals surface area contributed by atoms with Crippen molar-refractivity contribution >= 4 is 11.5 Å². The molecular weight excluding hydrogens is 208 g/mol. The summed E-state index contributed by atoms with van der Waals surface area (Å²) in [5, 5.41) is 11.7. The molecule has 8 nitrogen and oxygen atoms in total. The minimum atomic E-state index is 0.151. The summed E-state index contributed by atoms with van der Waals surface area (Å²) in [6.07, 6.45) is 6.70. The molecule has 0 aliphatic heterocycles. The van der Waals surface area contributed by atoms with Gasteiger partial charge >= 0.3 is 0 Å². The van der Waals surface area contributed by atoms with Crippen LogP contribution in [0.1, 0.15) is 0 Å². The lowest BCUT2D eigenvalue weighted by Crippen LogP contribution is -2.13. The van der Waals surface area contributed by atoms with Crippen molar-refractivity contribution in [3.63, 3.8) is 0 Å². The topological polar surface area (TPSA) is 113 Å². The highest BCUT2D eigenvalue weighted by atomic mass is 15.4. The molecule has 0 spiro atoms. The number of hydrogen-bond donors (Lipinski definition) is 2. The number of nitrogen functional groups attached to an aromatic ring is 2. The molecular formula is C8H8N8. The second-order valence-corrected chi connectivity index (χ2v) is 3.22. The molecule has 0 aliphatic rings. The Hall–Kier alpha value is -2.64. The van der Waals surface area contributed by atoms with Crippen LogP contribution in [0.5, 0.6) is 0 Å². The minimum absolute atomic E-state index is 0.151. The van der Waals surface area contributed by atoms with E-state index >= 15 is 0 Å². The van der Waals surface area contributed by atoms with E-state index in [-0.39, 0.29) is 5.95 Å². The Morgan fingerprint density at radius 1 is 1.19 bits per heavy atom. The number of aromatic nitrogens is 6. The first-order valence-electron chi connectivity index (χ1n) is 4.51. The maximum absolute atomic E-state index is 5.69. The van der Waals surface area contributed by atoms with E-state index in [9.17, 15) is 0 Å². The van der Waals surface area contributed by atoms with Gasteiger partial charge in [0.2, 0.25) is 5.95 Å². The molecule has 0 saturated heterocycles. The summed E-state index contributed by atoms with van der Waals surface area (Å²) < 4.78 is 2.89. The number of rotatable bonds is 1. The summed E-state index contributed by atoms with van der Waals surface area (Å²) in [5.74, 6) is 6.30. The van der Waals surface area contributed by atoms with E-state index in [1.54, 1.807) is 29.3 Å². The fourth-order valence-corrected chi connectivity index (χ4v) is 1.49. The van der Waals surface area contributed by atoms with Gasteiger partial charge in [-0.15, -0.1) is 10.2 Å². The molecule has 0 bridgehead atoms. The Labute approximate surface area is 89.5 Å². The lowest BCUT2D eigenvalue weighted by atomic mass is 10.3. The maximum atomic E-state index is 5.69. The van der Waals surface area contributed by atoms with Crippen molar-refractivity contribution in [3.8, 4) is 11.4 Å². The molecule has 16 heavy (non-hydrogen) atoms. The van der Waals surface area contributed by atoms with Gasteiger partial charge in [-0.1, -0.05) is 0 Å². The molecule has 80 valence electrons. The SMILES string of the molecule is Nc1nnc(-c2cnn3ccncc23)n1N.